The zero-order valence-corrected chi connectivity index (χ0v) is 13.3. The third kappa shape index (κ3) is 5.01. The summed E-state index contributed by atoms with van der Waals surface area (Å²) in [4.78, 5) is 12.6. The Bertz CT molecular complexity index is 567. The van der Waals surface area contributed by atoms with Crippen molar-refractivity contribution in [3.63, 3.8) is 0 Å². The van der Waals surface area contributed by atoms with Crippen molar-refractivity contribution in [2.24, 2.45) is 5.92 Å². The molecule has 0 bridgehead atoms. The van der Waals surface area contributed by atoms with E-state index in [2.05, 4.69) is 24.5 Å². The largest absolute Gasteiger partial charge is 0.324 e. The molecule has 0 saturated carbocycles. The first-order chi connectivity index (χ1) is 10.7. The van der Waals surface area contributed by atoms with E-state index in [1.54, 1.807) is 0 Å². The van der Waals surface area contributed by atoms with Gasteiger partial charge in [-0.2, -0.15) is 0 Å². The van der Waals surface area contributed by atoms with Crippen LogP contribution in [0, 0.1) is 5.92 Å². The number of carbonyl (C=O) groups is 1. The molecule has 0 heterocycles. The maximum atomic E-state index is 12.6. The highest BCUT2D eigenvalue weighted by Gasteiger charge is 2.19. The summed E-state index contributed by atoms with van der Waals surface area (Å²) in [6, 6.07) is 19.1. The molecule has 116 valence electrons. The van der Waals surface area contributed by atoms with Crippen LogP contribution in [0.2, 0.25) is 0 Å². The quantitative estimate of drug-likeness (QED) is 0.810. The Morgan fingerprint density at radius 1 is 0.955 bits per heavy atom. The van der Waals surface area contributed by atoms with Crippen LogP contribution in [0.15, 0.2) is 60.7 Å². The number of amides is 1. The maximum absolute atomic E-state index is 12.6. The summed E-state index contributed by atoms with van der Waals surface area (Å²) in [5.74, 6) is 0.585. The minimum absolute atomic E-state index is 0.0267. The second kappa shape index (κ2) is 8.35. The van der Waals surface area contributed by atoms with Gasteiger partial charge in [0.25, 0.3) is 0 Å². The van der Waals surface area contributed by atoms with E-state index in [1.165, 1.54) is 0 Å². The first-order valence-electron chi connectivity index (χ1n) is 7.81. The minimum Gasteiger partial charge on any atom is -0.324 e. The molecule has 3 nitrogen and oxygen atoms in total. The second-order valence-corrected chi connectivity index (χ2v) is 5.84. The highest BCUT2D eigenvalue weighted by molar-refractivity contribution is 5.95. The van der Waals surface area contributed by atoms with E-state index >= 15 is 0 Å². The second-order valence-electron chi connectivity index (χ2n) is 5.84. The number of anilines is 1. The Kier molecular flexibility index (Phi) is 6.16. The van der Waals surface area contributed by atoms with Crippen LogP contribution in [0.5, 0.6) is 0 Å². The van der Waals surface area contributed by atoms with Crippen molar-refractivity contribution >= 4 is 11.6 Å². The molecule has 0 spiro atoms. The van der Waals surface area contributed by atoms with E-state index < -0.39 is 0 Å². The molecule has 0 radical (unpaired) electrons. The van der Waals surface area contributed by atoms with Crippen molar-refractivity contribution in [3.8, 4) is 0 Å². The van der Waals surface area contributed by atoms with Crippen LogP contribution < -0.4 is 10.6 Å². The van der Waals surface area contributed by atoms with Crippen LogP contribution in [-0.4, -0.2) is 12.5 Å². The summed E-state index contributed by atoms with van der Waals surface area (Å²) in [7, 11) is 0. The van der Waals surface area contributed by atoms with Crippen molar-refractivity contribution in [2.45, 2.75) is 26.3 Å². The topological polar surface area (TPSA) is 41.1 Å². The number of carbonyl (C=O) groups excluding carboxylic acids is 1. The van der Waals surface area contributed by atoms with Gasteiger partial charge in [0.15, 0.2) is 0 Å². The highest BCUT2D eigenvalue weighted by atomic mass is 16.2. The van der Waals surface area contributed by atoms with Crippen molar-refractivity contribution in [1.82, 2.24) is 5.32 Å². The van der Waals surface area contributed by atoms with Gasteiger partial charge in [0.2, 0.25) is 5.91 Å². The van der Waals surface area contributed by atoms with Gasteiger partial charge in [-0.15, -0.1) is 0 Å². The smallest absolute Gasteiger partial charge is 0.246 e. The molecule has 2 N–H and O–H groups in total. The van der Waals surface area contributed by atoms with Gasteiger partial charge in [0.05, 0.1) is 0 Å². The molecule has 2 rings (SSSR count). The first-order valence-corrected chi connectivity index (χ1v) is 7.81. The van der Waals surface area contributed by atoms with Crippen LogP contribution in [0.25, 0.3) is 0 Å². The molecule has 1 atom stereocenters. The predicted octanol–water partition coefficient (Wildman–Crippen LogP) is 4.00. The van der Waals surface area contributed by atoms with E-state index in [0.717, 1.165) is 24.2 Å². The van der Waals surface area contributed by atoms with Crippen LogP contribution in [-0.2, 0) is 4.79 Å². The zero-order chi connectivity index (χ0) is 15.8. The van der Waals surface area contributed by atoms with Gasteiger partial charge in [0.1, 0.15) is 6.04 Å². The number of hydrogen-bond donors (Lipinski definition) is 2. The molecule has 2 aromatic rings. The van der Waals surface area contributed by atoms with Crippen molar-refractivity contribution in [2.75, 3.05) is 11.9 Å². The number of nitrogens with one attached hydrogen (secondary N) is 2. The van der Waals surface area contributed by atoms with Crippen molar-refractivity contribution in [3.05, 3.63) is 66.2 Å². The summed E-state index contributed by atoms with van der Waals surface area (Å²) < 4.78 is 0. The van der Waals surface area contributed by atoms with Crippen LogP contribution >= 0.6 is 0 Å². The third-order valence-corrected chi connectivity index (χ3v) is 3.51. The summed E-state index contributed by atoms with van der Waals surface area (Å²) >= 11 is 0. The fraction of sp³-hybridized carbons (Fsp3) is 0.316. The molecule has 1 amide bonds. The van der Waals surface area contributed by atoms with Crippen molar-refractivity contribution < 1.29 is 4.79 Å². The molecule has 0 aromatic heterocycles. The molecule has 0 aliphatic heterocycles. The Labute approximate surface area is 132 Å². The van der Waals surface area contributed by atoms with Gasteiger partial charge in [-0.3, -0.25) is 4.79 Å². The lowest BCUT2D eigenvalue weighted by molar-refractivity contribution is -0.118. The van der Waals surface area contributed by atoms with Gasteiger partial charge in [-0.1, -0.05) is 62.4 Å². The van der Waals surface area contributed by atoms with Gasteiger partial charge < -0.3 is 10.6 Å². The number of benzene rings is 2. The van der Waals surface area contributed by atoms with Crippen molar-refractivity contribution in [1.29, 1.82) is 0 Å². The molecule has 0 fully saturated rings. The average molecular weight is 296 g/mol. The van der Waals surface area contributed by atoms with Crippen LogP contribution in [0.1, 0.15) is 31.9 Å². The van der Waals surface area contributed by atoms with Crippen LogP contribution in [0.4, 0.5) is 5.69 Å². The van der Waals surface area contributed by atoms with E-state index in [9.17, 15) is 4.79 Å². The predicted molar refractivity (Wildman–Crippen MR) is 91.7 cm³/mol. The standard InChI is InChI=1S/C19H24N2O/c1-15(2)13-14-20-18(16-9-5-3-6-10-16)19(22)21-17-11-7-4-8-12-17/h3-12,15,18,20H,13-14H2,1-2H3,(H,21,22). The summed E-state index contributed by atoms with van der Waals surface area (Å²) in [6.45, 7) is 5.19. The lowest BCUT2D eigenvalue weighted by Gasteiger charge is -2.19. The number of hydrogen-bond acceptors (Lipinski definition) is 2. The van der Waals surface area contributed by atoms with E-state index in [-0.39, 0.29) is 11.9 Å². The molecule has 2 aromatic carbocycles. The molecular formula is C19H24N2O. The third-order valence-electron chi connectivity index (χ3n) is 3.51. The SMILES string of the molecule is CC(C)CCNC(C(=O)Nc1ccccc1)c1ccccc1. The summed E-state index contributed by atoms with van der Waals surface area (Å²) in [6.07, 6.45) is 1.04. The fourth-order valence-corrected chi connectivity index (χ4v) is 2.26. The molecular weight excluding hydrogens is 272 g/mol. The van der Waals surface area contributed by atoms with Gasteiger partial charge in [-0.25, -0.2) is 0 Å². The summed E-state index contributed by atoms with van der Waals surface area (Å²) in [5, 5.41) is 6.35. The lowest BCUT2D eigenvalue weighted by Crippen LogP contribution is -2.34. The summed E-state index contributed by atoms with van der Waals surface area (Å²) in [5.41, 5.74) is 1.80. The molecule has 0 aliphatic carbocycles. The Balaban J connectivity index is 2.07. The van der Waals surface area contributed by atoms with Crippen LogP contribution in [0.3, 0.4) is 0 Å². The number of rotatable bonds is 7. The van der Waals surface area contributed by atoms with E-state index in [1.807, 2.05) is 60.7 Å². The minimum atomic E-state index is -0.333. The zero-order valence-electron chi connectivity index (χ0n) is 13.3. The Morgan fingerprint density at radius 2 is 1.55 bits per heavy atom. The van der Waals surface area contributed by atoms with Gasteiger partial charge in [0, 0.05) is 5.69 Å². The normalized spacial score (nSPS) is 12.1. The van der Waals surface area contributed by atoms with Gasteiger partial charge >= 0.3 is 0 Å². The Morgan fingerprint density at radius 3 is 2.14 bits per heavy atom. The Hall–Kier alpha value is -2.13. The highest BCUT2D eigenvalue weighted by Crippen LogP contribution is 2.16. The molecule has 1 unspecified atom stereocenters. The van der Waals surface area contributed by atoms with E-state index in [4.69, 9.17) is 0 Å². The number of para-hydroxylation sites is 1. The molecule has 0 aliphatic rings. The molecule has 3 heteroatoms. The molecule has 22 heavy (non-hydrogen) atoms. The lowest BCUT2D eigenvalue weighted by atomic mass is 10.0. The fourth-order valence-electron chi connectivity index (χ4n) is 2.26. The first kappa shape index (κ1) is 16.2. The maximum Gasteiger partial charge on any atom is 0.246 e. The van der Waals surface area contributed by atoms with E-state index in [0.29, 0.717) is 5.92 Å². The monoisotopic (exact) mass is 296 g/mol. The van der Waals surface area contributed by atoms with Gasteiger partial charge in [-0.05, 0) is 36.6 Å². The average Bonchev–Trinajstić information content (AvgIpc) is 2.53. The molecule has 0 saturated heterocycles.